The number of carbonyl (C=O) groups excluding carboxylic acids is 1. The summed E-state index contributed by atoms with van der Waals surface area (Å²) in [5.41, 5.74) is -1.88. The van der Waals surface area contributed by atoms with Crippen molar-refractivity contribution in [1.29, 1.82) is 0 Å². The maximum atomic E-state index is 13.6. The Hall–Kier alpha value is -2.95. The number of halogens is 8. The summed E-state index contributed by atoms with van der Waals surface area (Å²) < 4.78 is 86.4. The number of aromatic amines is 1. The van der Waals surface area contributed by atoms with Gasteiger partial charge in [-0.2, -0.15) is 26.3 Å². The molecule has 0 aliphatic carbocycles. The number of nitrogens with zero attached hydrogens (tertiary/aromatic N) is 3. The molecule has 1 N–H and O–H groups in total. The first-order valence-corrected chi connectivity index (χ1v) is 13.6. The Balaban J connectivity index is 0.00000264. The second kappa shape index (κ2) is 14.9. The molecule has 0 unspecified atom stereocenters. The average molecular weight is 666 g/mol. The van der Waals surface area contributed by atoms with Gasteiger partial charge in [0.2, 0.25) is 0 Å². The Bertz CT molecular complexity index is 1450. The van der Waals surface area contributed by atoms with Crippen molar-refractivity contribution in [3.63, 3.8) is 0 Å². The summed E-state index contributed by atoms with van der Waals surface area (Å²) in [7, 11) is 0. The molecule has 2 saturated heterocycles. The zero-order valence-electron chi connectivity index (χ0n) is 23.5. The molecule has 0 spiro atoms. The monoisotopic (exact) mass is 664 g/mol. The molecule has 5 rings (SSSR count). The molecule has 0 bridgehead atoms. The molecule has 14 heteroatoms. The Kier molecular flexibility index (Phi) is 12.0. The third-order valence-corrected chi connectivity index (χ3v) is 7.63. The summed E-state index contributed by atoms with van der Waals surface area (Å²) in [6.45, 7) is 4.88. The van der Waals surface area contributed by atoms with Gasteiger partial charge in [-0.15, -0.1) is 24.8 Å². The number of benzene rings is 2. The van der Waals surface area contributed by atoms with E-state index in [-0.39, 0.29) is 37.4 Å². The van der Waals surface area contributed by atoms with Gasteiger partial charge in [0.15, 0.2) is 0 Å². The van der Waals surface area contributed by atoms with Crippen LogP contribution in [0.25, 0.3) is 10.9 Å². The quantitative estimate of drug-likeness (QED) is 0.279. The minimum absolute atomic E-state index is 0. The van der Waals surface area contributed by atoms with E-state index in [4.69, 9.17) is 4.74 Å². The number of nitrogens with one attached hydrogen (secondary N) is 1. The van der Waals surface area contributed by atoms with Crippen molar-refractivity contribution in [2.45, 2.75) is 24.8 Å². The highest BCUT2D eigenvalue weighted by molar-refractivity contribution is 5.95. The van der Waals surface area contributed by atoms with E-state index in [0.29, 0.717) is 57.9 Å². The molecule has 3 aromatic rings. The van der Waals surface area contributed by atoms with E-state index in [2.05, 4.69) is 26.6 Å². The number of morpholine rings is 1. The van der Waals surface area contributed by atoms with E-state index < -0.39 is 41.0 Å². The lowest BCUT2D eigenvalue weighted by molar-refractivity contribution is -0.143. The van der Waals surface area contributed by atoms with Crippen LogP contribution in [0.1, 0.15) is 27.0 Å². The van der Waals surface area contributed by atoms with Crippen LogP contribution < -0.4 is 0 Å². The number of amides is 1. The molecule has 1 amide bonds. The number of piperazine rings is 1. The van der Waals surface area contributed by atoms with E-state index in [1.807, 2.05) is 30.5 Å². The van der Waals surface area contributed by atoms with Crippen molar-refractivity contribution in [2.75, 3.05) is 59.0 Å². The van der Waals surface area contributed by atoms with Gasteiger partial charge >= 0.3 is 12.4 Å². The van der Waals surface area contributed by atoms with Crippen molar-refractivity contribution in [1.82, 2.24) is 19.7 Å². The number of alkyl halides is 6. The van der Waals surface area contributed by atoms with Gasteiger partial charge < -0.3 is 14.6 Å². The van der Waals surface area contributed by atoms with Gasteiger partial charge in [0, 0.05) is 61.4 Å². The van der Waals surface area contributed by atoms with Gasteiger partial charge in [-0.25, -0.2) is 0 Å². The van der Waals surface area contributed by atoms with Crippen LogP contribution in [0.3, 0.4) is 0 Å². The topological polar surface area (TPSA) is 51.8 Å². The van der Waals surface area contributed by atoms with Gasteiger partial charge in [-0.3, -0.25) is 14.6 Å². The molecule has 6 nitrogen and oxygen atoms in total. The predicted molar refractivity (Wildman–Crippen MR) is 159 cm³/mol. The fraction of sp³-hybridized carbons (Fsp3) is 0.433. The van der Waals surface area contributed by atoms with Crippen molar-refractivity contribution in [3.05, 3.63) is 70.9 Å². The minimum Gasteiger partial charge on any atom is -0.379 e. The second-order valence-corrected chi connectivity index (χ2v) is 10.5. The number of hydrogen-bond donors (Lipinski definition) is 1. The molecule has 240 valence electrons. The number of ether oxygens (including phenoxy) is 1. The normalized spacial score (nSPS) is 18.2. The first kappa shape index (κ1) is 35.5. The summed E-state index contributed by atoms with van der Waals surface area (Å²) in [6, 6.07) is 8.12. The van der Waals surface area contributed by atoms with Crippen LogP contribution in [0.15, 0.2) is 48.7 Å². The fourth-order valence-corrected chi connectivity index (χ4v) is 5.40. The number of para-hydroxylation sites is 1. The van der Waals surface area contributed by atoms with Crippen LogP contribution in [0.2, 0.25) is 0 Å². The van der Waals surface area contributed by atoms with E-state index in [0.717, 1.165) is 29.6 Å². The standard InChI is InChI=1S/C30H30F6N4O2.2ClH/c31-29(32,33)23-15-21(16-24(18-23)30(34,35)36)28(41)40-10-9-39(8-4-3-7-38-11-13-42-14-12-38)20-25(40)17-22-19-37-27-6-2-1-5-26(22)27;;/h1-2,5-6,15-16,18-19,25,37H,7-14,17,20H2;2*1H/t25-;;/m1../s1. The first-order chi connectivity index (χ1) is 20.0. The molecule has 1 atom stereocenters. The average Bonchev–Trinajstić information content (AvgIpc) is 3.37. The van der Waals surface area contributed by atoms with E-state index >= 15 is 0 Å². The third kappa shape index (κ3) is 8.61. The highest BCUT2D eigenvalue weighted by Crippen LogP contribution is 2.37. The predicted octanol–water partition coefficient (Wildman–Crippen LogP) is 5.75. The number of H-pyrrole nitrogens is 1. The van der Waals surface area contributed by atoms with Crippen molar-refractivity contribution in [2.24, 2.45) is 0 Å². The summed E-state index contributed by atoms with van der Waals surface area (Å²) in [5.74, 6) is 5.47. The lowest BCUT2D eigenvalue weighted by atomic mass is 9.98. The summed E-state index contributed by atoms with van der Waals surface area (Å²) in [6.07, 6.45) is -7.91. The zero-order valence-corrected chi connectivity index (χ0v) is 25.1. The number of fused-ring (bicyclic) bond motifs is 1. The van der Waals surface area contributed by atoms with Crippen LogP contribution in [-0.4, -0.2) is 90.7 Å². The van der Waals surface area contributed by atoms with E-state index in [1.165, 1.54) is 4.90 Å². The molecule has 3 heterocycles. The van der Waals surface area contributed by atoms with E-state index in [9.17, 15) is 31.1 Å². The largest absolute Gasteiger partial charge is 0.416 e. The smallest absolute Gasteiger partial charge is 0.379 e. The van der Waals surface area contributed by atoms with Crippen molar-refractivity contribution in [3.8, 4) is 11.8 Å². The van der Waals surface area contributed by atoms with Gasteiger partial charge in [0.25, 0.3) is 5.91 Å². The molecular weight excluding hydrogens is 633 g/mol. The third-order valence-electron chi connectivity index (χ3n) is 7.63. The molecule has 2 aliphatic heterocycles. The number of hydrogen-bond acceptors (Lipinski definition) is 4. The van der Waals surface area contributed by atoms with Crippen LogP contribution in [0, 0.1) is 11.8 Å². The van der Waals surface area contributed by atoms with Crippen molar-refractivity contribution >= 4 is 41.6 Å². The lowest BCUT2D eigenvalue weighted by Crippen LogP contribution is -2.56. The molecule has 2 aromatic carbocycles. The van der Waals surface area contributed by atoms with Crippen LogP contribution >= 0.6 is 24.8 Å². The van der Waals surface area contributed by atoms with Gasteiger partial charge in [-0.05, 0) is 36.2 Å². The lowest BCUT2D eigenvalue weighted by Gasteiger charge is -2.41. The number of carbonyl (C=O) groups is 1. The second-order valence-electron chi connectivity index (χ2n) is 10.5. The van der Waals surface area contributed by atoms with Crippen LogP contribution in [0.4, 0.5) is 26.3 Å². The number of rotatable bonds is 5. The van der Waals surface area contributed by atoms with Gasteiger partial charge in [-0.1, -0.05) is 30.0 Å². The van der Waals surface area contributed by atoms with Gasteiger partial charge in [0.1, 0.15) is 0 Å². The summed E-state index contributed by atoms with van der Waals surface area (Å²) >= 11 is 0. The Labute approximate surface area is 263 Å². The minimum atomic E-state index is -5.04. The van der Waals surface area contributed by atoms with E-state index in [1.54, 1.807) is 0 Å². The highest BCUT2D eigenvalue weighted by Gasteiger charge is 2.39. The molecule has 0 radical (unpaired) electrons. The van der Waals surface area contributed by atoms with Gasteiger partial charge in [0.05, 0.1) is 37.4 Å². The summed E-state index contributed by atoms with van der Waals surface area (Å²) in [5, 5.41) is 0.936. The molecular formula is C30H32Cl2F6N4O2. The first-order valence-electron chi connectivity index (χ1n) is 13.6. The SMILES string of the molecule is Cl.Cl.O=C(c1cc(C(F)(F)F)cc(C(F)(F)F)c1)N1CCN(CC#CCN2CCOCC2)C[C@H]1Cc1c[nH]c2ccccc12. The van der Waals surface area contributed by atoms with Crippen LogP contribution in [-0.2, 0) is 23.5 Å². The molecule has 2 fully saturated rings. The highest BCUT2D eigenvalue weighted by atomic mass is 35.5. The number of aromatic nitrogens is 1. The molecule has 1 aromatic heterocycles. The molecule has 44 heavy (non-hydrogen) atoms. The maximum absolute atomic E-state index is 13.6. The Morgan fingerprint density at radius 1 is 0.864 bits per heavy atom. The molecule has 2 aliphatic rings. The fourth-order valence-electron chi connectivity index (χ4n) is 5.40. The Morgan fingerprint density at radius 3 is 2.11 bits per heavy atom. The van der Waals surface area contributed by atoms with Crippen molar-refractivity contribution < 1.29 is 35.9 Å². The Morgan fingerprint density at radius 2 is 1.48 bits per heavy atom. The van der Waals surface area contributed by atoms with Crippen LogP contribution in [0.5, 0.6) is 0 Å². The summed E-state index contributed by atoms with van der Waals surface area (Å²) in [4.78, 5) is 22.5. The molecule has 0 saturated carbocycles. The maximum Gasteiger partial charge on any atom is 0.416 e. The zero-order chi connectivity index (χ0) is 29.9.